The monoisotopic (exact) mass is 369 g/mol. The minimum absolute atomic E-state index is 0.253. The van der Waals surface area contributed by atoms with Gasteiger partial charge in [-0.3, -0.25) is 4.79 Å². The number of halogens is 1. The lowest BCUT2D eigenvalue weighted by Crippen LogP contribution is -2.31. The van der Waals surface area contributed by atoms with E-state index in [1.807, 2.05) is 18.2 Å². The van der Waals surface area contributed by atoms with Crippen LogP contribution in [0.25, 0.3) is 0 Å². The molecule has 1 aliphatic rings. The maximum absolute atomic E-state index is 12.6. The van der Waals surface area contributed by atoms with E-state index in [9.17, 15) is 4.79 Å². The third kappa shape index (κ3) is 4.27. The molecule has 2 aromatic carbocycles. The minimum Gasteiger partial charge on any atom is -0.481 e. The third-order valence-corrected chi connectivity index (χ3v) is 4.56. The van der Waals surface area contributed by atoms with Gasteiger partial charge in [-0.2, -0.15) is 5.26 Å². The number of nitrogens with one attached hydrogen (secondary N) is 1. The summed E-state index contributed by atoms with van der Waals surface area (Å²) in [6, 6.07) is 14.3. The molecular weight excluding hydrogens is 350 g/mol. The Bertz CT molecular complexity index is 824. The van der Waals surface area contributed by atoms with Gasteiger partial charge in [0.25, 0.3) is 5.91 Å². The molecule has 0 bridgehead atoms. The first kappa shape index (κ1) is 18.1. The summed E-state index contributed by atoms with van der Waals surface area (Å²) in [6.07, 6.45) is 1.61. The third-order valence-electron chi connectivity index (χ3n) is 4.33. The van der Waals surface area contributed by atoms with Gasteiger partial charge in [0.15, 0.2) is 6.10 Å². The molecule has 5 nitrogen and oxygen atoms in total. The smallest absolute Gasteiger partial charge is 0.265 e. The van der Waals surface area contributed by atoms with Gasteiger partial charge in [-0.15, -0.1) is 0 Å². The maximum atomic E-state index is 12.6. The van der Waals surface area contributed by atoms with Crippen LogP contribution in [0.4, 0.5) is 11.4 Å². The van der Waals surface area contributed by atoms with Crippen molar-refractivity contribution in [3.05, 3.63) is 53.1 Å². The molecule has 1 unspecified atom stereocenters. The molecule has 1 fully saturated rings. The van der Waals surface area contributed by atoms with Gasteiger partial charge in [-0.25, -0.2) is 0 Å². The van der Waals surface area contributed by atoms with Crippen LogP contribution in [0.5, 0.6) is 5.75 Å². The summed E-state index contributed by atoms with van der Waals surface area (Å²) < 4.78 is 5.68. The Hall–Kier alpha value is -2.71. The highest BCUT2D eigenvalue weighted by Gasteiger charge is 2.20. The Morgan fingerprint density at radius 1 is 1.23 bits per heavy atom. The van der Waals surface area contributed by atoms with Crippen molar-refractivity contribution >= 4 is 28.9 Å². The zero-order valence-corrected chi connectivity index (χ0v) is 15.3. The van der Waals surface area contributed by atoms with E-state index in [-0.39, 0.29) is 5.91 Å². The molecule has 1 aliphatic heterocycles. The predicted octanol–water partition coefficient (Wildman–Crippen LogP) is 4.22. The van der Waals surface area contributed by atoms with Crippen LogP contribution in [0.3, 0.4) is 0 Å². The largest absolute Gasteiger partial charge is 0.481 e. The first-order valence-electron chi connectivity index (χ1n) is 8.59. The Kier molecular flexibility index (Phi) is 5.65. The lowest BCUT2D eigenvalue weighted by atomic mass is 10.2. The molecule has 26 heavy (non-hydrogen) atoms. The number of carbonyl (C=O) groups is 1. The molecule has 1 amide bonds. The van der Waals surface area contributed by atoms with E-state index in [0.29, 0.717) is 22.0 Å². The van der Waals surface area contributed by atoms with E-state index < -0.39 is 6.10 Å². The SMILES string of the molecule is CC(Oc1ccc(C#N)cc1)C(=O)Nc1cc(Cl)ccc1N1CCCC1. The van der Waals surface area contributed by atoms with Crippen LogP contribution in [0.15, 0.2) is 42.5 Å². The minimum atomic E-state index is -0.687. The predicted molar refractivity (Wildman–Crippen MR) is 103 cm³/mol. The van der Waals surface area contributed by atoms with E-state index in [4.69, 9.17) is 21.6 Å². The second-order valence-corrected chi connectivity index (χ2v) is 6.68. The van der Waals surface area contributed by atoms with Crippen molar-refractivity contribution in [1.82, 2.24) is 0 Å². The van der Waals surface area contributed by atoms with Crippen LogP contribution in [0.2, 0.25) is 5.02 Å². The van der Waals surface area contributed by atoms with Crippen molar-refractivity contribution in [2.24, 2.45) is 0 Å². The van der Waals surface area contributed by atoms with Crippen molar-refractivity contribution in [2.75, 3.05) is 23.3 Å². The Balaban J connectivity index is 1.70. The van der Waals surface area contributed by atoms with Crippen LogP contribution in [-0.4, -0.2) is 25.1 Å². The number of hydrogen-bond acceptors (Lipinski definition) is 4. The summed E-state index contributed by atoms with van der Waals surface area (Å²) in [5, 5.41) is 12.3. The number of rotatable bonds is 5. The fraction of sp³-hybridized carbons (Fsp3) is 0.300. The van der Waals surface area contributed by atoms with Gasteiger partial charge < -0.3 is 15.0 Å². The van der Waals surface area contributed by atoms with Crippen molar-refractivity contribution in [1.29, 1.82) is 5.26 Å². The van der Waals surface area contributed by atoms with E-state index >= 15 is 0 Å². The average molecular weight is 370 g/mol. The maximum Gasteiger partial charge on any atom is 0.265 e. The van der Waals surface area contributed by atoms with Crippen molar-refractivity contribution < 1.29 is 9.53 Å². The van der Waals surface area contributed by atoms with Crippen molar-refractivity contribution in [3.8, 4) is 11.8 Å². The number of nitrogens with zero attached hydrogens (tertiary/aromatic N) is 2. The molecule has 6 heteroatoms. The summed E-state index contributed by atoms with van der Waals surface area (Å²) >= 11 is 6.12. The highest BCUT2D eigenvalue weighted by molar-refractivity contribution is 6.31. The Morgan fingerprint density at radius 2 is 1.92 bits per heavy atom. The normalized spacial score (nSPS) is 14.6. The Morgan fingerprint density at radius 3 is 2.58 bits per heavy atom. The molecule has 1 N–H and O–H groups in total. The Labute approximate surface area is 158 Å². The first-order valence-corrected chi connectivity index (χ1v) is 8.97. The molecule has 0 spiro atoms. The summed E-state index contributed by atoms with van der Waals surface area (Å²) in [5.41, 5.74) is 2.22. The molecule has 2 aromatic rings. The van der Waals surface area contributed by atoms with Gasteiger partial charge in [0.05, 0.1) is 23.0 Å². The number of amides is 1. The highest BCUT2D eigenvalue weighted by Crippen LogP contribution is 2.31. The molecule has 3 rings (SSSR count). The van der Waals surface area contributed by atoms with Crippen LogP contribution in [-0.2, 0) is 4.79 Å². The van der Waals surface area contributed by atoms with Crippen molar-refractivity contribution in [3.63, 3.8) is 0 Å². The molecule has 1 atom stereocenters. The fourth-order valence-corrected chi connectivity index (χ4v) is 3.11. The quantitative estimate of drug-likeness (QED) is 0.857. The lowest BCUT2D eigenvalue weighted by molar-refractivity contribution is -0.122. The average Bonchev–Trinajstić information content (AvgIpc) is 3.17. The topological polar surface area (TPSA) is 65.4 Å². The van der Waals surface area contributed by atoms with E-state index in [1.165, 1.54) is 0 Å². The molecular formula is C20H20ClN3O2. The summed E-state index contributed by atoms with van der Waals surface area (Å²) in [7, 11) is 0. The molecule has 0 aromatic heterocycles. The summed E-state index contributed by atoms with van der Waals surface area (Å²) in [4.78, 5) is 14.8. The second kappa shape index (κ2) is 8.11. The van der Waals surface area contributed by atoms with Gasteiger partial charge in [-0.05, 0) is 62.2 Å². The first-order chi connectivity index (χ1) is 12.6. The number of nitriles is 1. The lowest BCUT2D eigenvalue weighted by Gasteiger charge is -2.23. The van der Waals surface area contributed by atoms with E-state index in [2.05, 4.69) is 10.2 Å². The van der Waals surface area contributed by atoms with Gasteiger partial charge >= 0.3 is 0 Å². The molecule has 1 saturated heterocycles. The van der Waals surface area contributed by atoms with Crippen LogP contribution < -0.4 is 15.0 Å². The molecule has 0 aliphatic carbocycles. The number of carbonyl (C=O) groups excluding carboxylic acids is 1. The highest BCUT2D eigenvalue weighted by atomic mass is 35.5. The van der Waals surface area contributed by atoms with Gasteiger partial charge in [0.1, 0.15) is 5.75 Å². The number of ether oxygens (including phenoxy) is 1. The molecule has 1 heterocycles. The van der Waals surface area contributed by atoms with Gasteiger partial charge in [0.2, 0.25) is 0 Å². The number of anilines is 2. The molecule has 0 radical (unpaired) electrons. The summed E-state index contributed by atoms with van der Waals surface area (Å²) in [5.74, 6) is 0.287. The van der Waals surface area contributed by atoms with Gasteiger partial charge in [0, 0.05) is 18.1 Å². The van der Waals surface area contributed by atoms with Crippen LogP contribution in [0.1, 0.15) is 25.3 Å². The summed E-state index contributed by atoms with van der Waals surface area (Å²) in [6.45, 7) is 3.64. The molecule has 134 valence electrons. The fourth-order valence-electron chi connectivity index (χ4n) is 2.94. The van der Waals surface area contributed by atoms with E-state index in [0.717, 1.165) is 31.6 Å². The van der Waals surface area contributed by atoms with Crippen LogP contribution >= 0.6 is 11.6 Å². The zero-order valence-electron chi connectivity index (χ0n) is 14.5. The van der Waals surface area contributed by atoms with Crippen molar-refractivity contribution in [2.45, 2.75) is 25.9 Å². The standard InChI is InChI=1S/C20H20ClN3O2/c1-14(26-17-7-4-15(13-22)5-8-17)20(25)23-18-12-16(21)6-9-19(18)24-10-2-3-11-24/h4-9,12,14H,2-3,10-11H2,1H3,(H,23,25). The molecule has 0 saturated carbocycles. The number of hydrogen-bond donors (Lipinski definition) is 1. The zero-order chi connectivity index (χ0) is 18.5. The second-order valence-electron chi connectivity index (χ2n) is 6.24. The van der Waals surface area contributed by atoms with E-state index in [1.54, 1.807) is 37.3 Å². The van der Waals surface area contributed by atoms with Crippen LogP contribution in [0, 0.1) is 11.3 Å². The van der Waals surface area contributed by atoms with Gasteiger partial charge in [-0.1, -0.05) is 11.6 Å². The number of benzene rings is 2.